The molecule has 0 aromatic rings. The Bertz CT molecular complexity index is 352. The van der Waals surface area contributed by atoms with Crippen LogP contribution in [0.2, 0.25) is 0 Å². The molecule has 0 fully saturated rings. The Hall–Kier alpha value is 1.96. The number of carbonyl (C=O) groups is 2. The third-order valence-electron chi connectivity index (χ3n) is 1.41. The third kappa shape index (κ3) is 9.75. The van der Waals surface area contributed by atoms with E-state index in [1.54, 1.807) is 0 Å². The van der Waals surface area contributed by atoms with Crippen LogP contribution in [0.4, 0.5) is 0 Å². The first-order valence-corrected chi connectivity index (χ1v) is 10.1. The van der Waals surface area contributed by atoms with E-state index in [2.05, 4.69) is 9.47 Å². The highest BCUT2D eigenvalue weighted by Gasteiger charge is 2.50. The number of halogens is 8. The van der Waals surface area contributed by atoms with E-state index >= 15 is 0 Å². The molecule has 0 amide bonds. The predicted octanol–water partition coefficient (Wildman–Crippen LogP) is 5.28. The molecule has 0 heterocycles. The minimum absolute atomic E-state index is 0.436. The fourth-order valence-electron chi connectivity index (χ4n) is 0.675. The fraction of sp³-hybridized carbons (Fsp3) is 0.714. The van der Waals surface area contributed by atoms with Gasteiger partial charge in [0.15, 0.2) is 0 Å². The maximum Gasteiger partial charge on any atom is 0.350 e. The zero-order valence-corrected chi connectivity index (χ0v) is 17.1. The molecule has 0 aromatic carbocycles. The predicted molar refractivity (Wildman–Crippen MR) is 92.1 cm³/mol. The van der Waals surface area contributed by atoms with Gasteiger partial charge in [0.2, 0.25) is 7.59 Å². The maximum absolute atomic E-state index is 11.8. The molecular formula is C7H4Cl8O4S2. The van der Waals surface area contributed by atoms with Crippen molar-refractivity contribution in [2.24, 2.45) is 0 Å². The summed E-state index contributed by atoms with van der Waals surface area (Å²) in [6.07, 6.45) is 0. The Kier molecular flexibility index (Phi) is 10.3. The van der Waals surface area contributed by atoms with E-state index in [4.69, 9.17) is 91.9 Å². The van der Waals surface area contributed by atoms with E-state index in [9.17, 15) is 9.59 Å². The molecule has 0 unspecified atom stereocenters. The van der Waals surface area contributed by atoms with Gasteiger partial charge in [-0.1, -0.05) is 81.2 Å². The van der Waals surface area contributed by atoms with E-state index in [-0.39, 0.29) is 0 Å². The summed E-state index contributed by atoms with van der Waals surface area (Å²) < 4.78 is 3.12. The van der Waals surface area contributed by atoms with E-state index in [0.29, 0.717) is 20.8 Å². The monoisotopic (exact) mass is 496 g/mol. The highest BCUT2D eigenvalue weighted by molar-refractivity contribution is 8.86. The molecule has 4 nitrogen and oxygen atoms in total. The van der Waals surface area contributed by atoms with Crippen LogP contribution in [0.1, 0.15) is 0 Å². The van der Waals surface area contributed by atoms with Crippen molar-refractivity contribution < 1.29 is 19.1 Å². The van der Waals surface area contributed by atoms with Crippen molar-refractivity contribution in [3.8, 4) is 0 Å². The van der Waals surface area contributed by atoms with Crippen molar-refractivity contribution in [1.82, 2.24) is 0 Å². The lowest BCUT2D eigenvalue weighted by Crippen LogP contribution is -2.42. The number of carbonyl (C=O) groups excluding carboxylic acids is 2. The van der Waals surface area contributed by atoms with Crippen molar-refractivity contribution in [2.75, 3.05) is 13.2 Å². The molecule has 0 saturated carbocycles. The summed E-state index contributed by atoms with van der Waals surface area (Å²) in [5.41, 5.74) is 0. The van der Waals surface area contributed by atoms with Crippen molar-refractivity contribution in [3.63, 3.8) is 0 Å². The van der Waals surface area contributed by atoms with Crippen LogP contribution in [0.5, 0.6) is 0 Å². The maximum atomic E-state index is 11.8. The lowest BCUT2D eigenvalue weighted by molar-refractivity contribution is -0.155. The lowest BCUT2D eigenvalue weighted by atomic mass is 10.4. The largest absolute Gasteiger partial charge is 0.459 e. The summed E-state index contributed by atoms with van der Waals surface area (Å²) in [5, 5.41) is 0. The first kappa shape index (κ1) is 23.0. The van der Waals surface area contributed by atoms with E-state index in [1.165, 1.54) is 0 Å². The lowest BCUT2D eigenvalue weighted by Gasteiger charge is -2.23. The molecule has 0 atom stereocenters. The first-order valence-electron chi connectivity index (χ1n) is 4.45. The minimum Gasteiger partial charge on any atom is -0.459 e. The molecule has 14 heteroatoms. The Balaban J connectivity index is 4.88. The Labute approximate surface area is 167 Å². The van der Waals surface area contributed by atoms with Gasteiger partial charge in [-0.3, -0.25) is 0 Å². The van der Waals surface area contributed by atoms with Crippen molar-refractivity contribution in [2.45, 2.75) is 11.8 Å². The summed E-state index contributed by atoms with van der Waals surface area (Å²) in [6.45, 7) is -1.29. The second-order valence-corrected chi connectivity index (χ2v) is 11.9. The van der Waals surface area contributed by atoms with Gasteiger partial charge in [-0.25, -0.2) is 9.59 Å². The fourth-order valence-corrected chi connectivity index (χ4v) is 3.55. The van der Waals surface area contributed by atoms with Gasteiger partial charge in [0.05, 0.1) is 0 Å². The average Bonchev–Trinajstić information content (AvgIpc) is 2.31. The summed E-state index contributed by atoms with van der Waals surface area (Å²) in [6, 6.07) is 0. The van der Waals surface area contributed by atoms with E-state index in [1.807, 2.05) is 0 Å². The minimum atomic E-state index is -2.35. The summed E-state index contributed by atoms with van der Waals surface area (Å²) in [5.74, 6) is -2.49. The molecule has 0 spiro atoms. The van der Waals surface area contributed by atoms with E-state index in [0.717, 1.165) is 0 Å². The molecule has 21 heavy (non-hydrogen) atoms. The molecule has 0 rings (SSSR count). The van der Waals surface area contributed by atoms with Gasteiger partial charge in [0.1, 0.15) is 13.2 Å². The molecule has 0 aromatic heterocycles. The van der Waals surface area contributed by atoms with Crippen LogP contribution in [-0.4, -0.2) is 36.9 Å². The Morgan fingerprint density at radius 1 is 0.810 bits per heavy atom. The number of esters is 2. The smallest absolute Gasteiger partial charge is 0.350 e. The van der Waals surface area contributed by atoms with Gasteiger partial charge in [0, 0.05) is 10.0 Å². The number of rotatable bonds is 6. The number of alkyl halides is 7. The van der Waals surface area contributed by atoms with Crippen LogP contribution in [0.15, 0.2) is 0 Å². The molecule has 0 saturated heterocycles. The zero-order chi connectivity index (χ0) is 16.9. The van der Waals surface area contributed by atoms with Gasteiger partial charge in [-0.05, 0) is 21.5 Å². The van der Waals surface area contributed by atoms with Crippen molar-refractivity contribution in [3.05, 3.63) is 0 Å². The second-order valence-electron chi connectivity index (χ2n) is 3.12. The normalized spacial score (nSPS) is 13.0. The standard InChI is InChI=1S/C7H4Cl8O4S2/c8-5(9,10)1-18-3(16)7(14,20-21-15)4(17)19-2-6(11,12)13/h1-2H2. The molecule has 0 bridgehead atoms. The quantitative estimate of drug-likeness (QED) is 0.214. The Morgan fingerprint density at radius 3 is 1.38 bits per heavy atom. The van der Waals surface area contributed by atoms with Gasteiger partial charge >= 0.3 is 11.9 Å². The first-order chi connectivity index (χ1) is 9.32. The highest BCUT2D eigenvalue weighted by atomic mass is 35.7. The van der Waals surface area contributed by atoms with Crippen LogP contribution in [0, 0.1) is 0 Å². The van der Waals surface area contributed by atoms with Crippen LogP contribution in [-0.2, 0) is 19.1 Å². The Morgan fingerprint density at radius 2 is 1.14 bits per heavy atom. The van der Waals surface area contributed by atoms with Gasteiger partial charge < -0.3 is 9.47 Å². The van der Waals surface area contributed by atoms with E-state index < -0.39 is 36.9 Å². The second kappa shape index (κ2) is 9.44. The molecular weight excluding hydrogens is 496 g/mol. The van der Waals surface area contributed by atoms with Gasteiger partial charge in [-0.2, -0.15) is 0 Å². The van der Waals surface area contributed by atoms with Crippen molar-refractivity contribution in [1.29, 1.82) is 0 Å². The summed E-state index contributed by atoms with van der Waals surface area (Å²) >= 11 is 38.3. The number of hydrogen-bond acceptors (Lipinski definition) is 6. The third-order valence-corrected chi connectivity index (χ3v) is 5.01. The molecule has 0 aliphatic rings. The molecule has 0 N–H and O–H groups in total. The van der Waals surface area contributed by atoms with Gasteiger partial charge in [-0.15, -0.1) is 0 Å². The van der Waals surface area contributed by atoms with Crippen LogP contribution < -0.4 is 0 Å². The molecule has 0 aliphatic heterocycles. The summed E-state index contributed by atoms with van der Waals surface area (Å²) in [7, 11) is 6.30. The summed E-state index contributed by atoms with van der Waals surface area (Å²) in [4.78, 5) is 23.7. The zero-order valence-electron chi connectivity index (χ0n) is 9.39. The van der Waals surface area contributed by atoms with Gasteiger partial charge in [0.25, 0.3) is 4.21 Å². The molecule has 0 aliphatic carbocycles. The van der Waals surface area contributed by atoms with Crippen molar-refractivity contribution >= 4 is 125 Å². The SMILES string of the molecule is O=C(OCC(Cl)(Cl)Cl)C(Cl)(SSCl)C(=O)OCC(Cl)(Cl)Cl. The molecule has 124 valence electrons. The van der Waals surface area contributed by atoms with Crippen LogP contribution in [0.3, 0.4) is 0 Å². The topological polar surface area (TPSA) is 52.6 Å². The molecule has 0 radical (unpaired) electrons. The van der Waals surface area contributed by atoms with Crippen LogP contribution in [0.25, 0.3) is 0 Å². The number of hydrogen-bond donors (Lipinski definition) is 0. The van der Waals surface area contributed by atoms with Crippen LogP contribution >= 0.6 is 113 Å². The number of ether oxygens (including phenoxy) is 2. The highest BCUT2D eigenvalue weighted by Crippen LogP contribution is 2.44. The average molecular weight is 500 g/mol.